The maximum Gasteiger partial charge on any atom is 0.328 e. The van der Waals surface area contributed by atoms with Gasteiger partial charge in [0, 0.05) is 6.08 Å². The van der Waals surface area contributed by atoms with Crippen molar-refractivity contribution in [3.05, 3.63) is 12.2 Å². The minimum Gasteiger partial charge on any atom is -0.478 e. The van der Waals surface area contributed by atoms with E-state index in [2.05, 4.69) is 33.9 Å². The van der Waals surface area contributed by atoms with Gasteiger partial charge in [-0.1, -0.05) is 34.6 Å². The van der Waals surface area contributed by atoms with E-state index in [0.717, 1.165) is 12.8 Å². The Morgan fingerprint density at radius 1 is 1.22 bits per heavy atom. The third-order valence-electron chi connectivity index (χ3n) is 3.99. The van der Waals surface area contributed by atoms with E-state index in [1.165, 1.54) is 6.08 Å². The molecule has 18 heavy (non-hydrogen) atoms. The molecule has 0 aromatic carbocycles. The van der Waals surface area contributed by atoms with Crippen molar-refractivity contribution >= 4 is 14.3 Å². The number of carbonyl (C=O) groups is 1. The maximum atomic E-state index is 10.7. The van der Waals surface area contributed by atoms with Crippen LogP contribution in [0.4, 0.5) is 0 Å². The molecule has 4 heteroatoms. The molecule has 0 aromatic rings. The van der Waals surface area contributed by atoms with Crippen LogP contribution in [0.2, 0.25) is 18.1 Å². The molecule has 0 amide bonds. The van der Waals surface area contributed by atoms with Crippen LogP contribution in [-0.4, -0.2) is 25.0 Å². The summed E-state index contributed by atoms with van der Waals surface area (Å²) in [5.41, 5.74) is -0.443. The van der Waals surface area contributed by atoms with E-state index in [1.54, 1.807) is 6.08 Å². The Morgan fingerprint density at radius 2 is 1.67 bits per heavy atom. The third kappa shape index (κ3) is 4.57. The van der Waals surface area contributed by atoms with Gasteiger partial charge < -0.3 is 9.53 Å². The van der Waals surface area contributed by atoms with Crippen molar-refractivity contribution < 1.29 is 14.3 Å². The van der Waals surface area contributed by atoms with Crippen molar-refractivity contribution in [3.8, 4) is 0 Å². The predicted octanol–water partition coefficient (Wildman–Crippen LogP) is 4.21. The number of rotatable bonds is 6. The highest BCUT2D eigenvalue weighted by molar-refractivity contribution is 6.74. The summed E-state index contributed by atoms with van der Waals surface area (Å²) in [5, 5.41) is 8.92. The summed E-state index contributed by atoms with van der Waals surface area (Å²) >= 11 is 0. The van der Waals surface area contributed by atoms with Gasteiger partial charge in [-0.2, -0.15) is 0 Å². The Labute approximate surface area is 112 Å². The molecular formula is C14H28O3Si. The van der Waals surface area contributed by atoms with E-state index in [1.807, 2.05) is 13.8 Å². The first kappa shape index (κ1) is 17.4. The van der Waals surface area contributed by atoms with Crippen LogP contribution in [0, 0.1) is 0 Å². The maximum absolute atomic E-state index is 10.7. The van der Waals surface area contributed by atoms with Crippen molar-refractivity contribution in [3.63, 3.8) is 0 Å². The summed E-state index contributed by atoms with van der Waals surface area (Å²) in [7, 11) is -1.90. The Kier molecular flexibility index (Phi) is 5.81. The summed E-state index contributed by atoms with van der Waals surface area (Å²) in [5.74, 6) is -0.917. The minimum absolute atomic E-state index is 0.125. The average Bonchev–Trinajstić information content (AvgIpc) is 2.22. The highest BCUT2D eigenvalue weighted by atomic mass is 28.4. The molecule has 0 heterocycles. The zero-order valence-electron chi connectivity index (χ0n) is 12.8. The van der Waals surface area contributed by atoms with Gasteiger partial charge in [-0.25, -0.2) is 4.79 Å². The lowest BCUT2D eigenvalue weighted by atomic mass is 9.97. The molecule has 0 fully saturated rings. The lowest BCUT2D eigenvalue weighted by Gasteiger charge is -2.44. The van der Waals surface area contributed by atoms with Crippen LogP contribution in [0.1, 0.15) is 47.5 Å². The second-order valence-corrected chi connectivity index (χ2v) is 11.0. The van der Waals surface area contributed by atoms with Gasteiger partial charge >= 0.3 is 5.97 Å². The van der Waals surface area contributed by atoms with Crippen molar-refractivity contribution in [1.29, 1.82) is 0 Å². The molecular weight excluding hydrogens is 244 g/mol. The normalized spacial score (nSPS) is 14.2. The largest absolute Gasteiger partial charge is 0.478 e. The third-order valence-corrected chi connectivity index (χ3v) is 8.52. The first-order valence-electron chi connectivity index (χ1n) is 6.62. The minimum atomic E-state index is -1.90. The fraction of sp³-hybridized carbons (Fsp3) is 0.786. The zero-order chi connectivity index (χ0) is 14.6. The molecule has 0 saturated carbocycles. The van der Waals surface area contributed by atoms with Gasteiger partial charge in [0.15, 0.2) is 8.32 Å². The van der Waals surface area contributed by atoms with Crippen LogP contribution in [0.5, 0.6) is 0 Å². The fourth-order valence-electron chi connectivity index (χ4n) is 1.55. The highest BCUT2D eigenvalue weighted by Crippen LogP contribution is 2.41. The van der Waals surface area contributed by atoms with Crippen LogP contribution < -0.4 is 0 Å². The van der Waals surface area contributed by atoms with Crippen LogP contribution in [0.3, 0.4) is 0 Å². The Hall–Kier alpha value is -0.613. The number of hydrogen-bond acceptors (Lipinski definition) is 2. The van der Waals surface area contributed by atoms with E-state index < -0.39 is 19.9 Å². The topological polar surface area (TPSA) is 46.5 Å². The monoisotopic (exact) mass is 272 g/mol. The molecule has 106 valence electrons. The van der Waals surface area contributed by atoms with E-state index in [-0.39, 0.29) is 5.04 Å². The lowest BCUT2D eigenvalue weighted by molar-refractivity contribution is -0.131. The molecule has 0 aliphatic rings. The highest BCUT2D eigenvalue weighted by Gasteiger charge is 2.42. The van der Waals surface area contributed by atoms with Gasteiger partial charge in [0.05, 0.1) is 5.60 Å². The molecule has 0 atom stereocenters. The summed E-state index contributed by atoms with van der Waals surface area (Å²) in [6.07, 6.45) is 4.51. The number of carboxylic acids is 1. The molecule has 0 rings (SSSR count). The Morgan fingerprint density at radius 3 is 1.94 bits per heavy atom. The molecule has 0 aliphatic carbocycles. The van der Waals surface area contributed by atoms with Gasteiger partial charge in [-0.05, 0) is 37.0 Å². The molecule has 0 bridgehead atoms. The molecule has 3 nitrogen and oxygen atoms in total. The standard InChI is InChI=1S/C14H28O3Si/c1-8-14(9-2,11-10-12(15)16)17-18(6,7)13(3,4)5/h10-11H,8-9H2,1-7H3,(H,15,16). The molecule has 1 N–H and O–H groups in total. The van der Waals surface area contributed by atoms with Crippen molar-refractivity contribution in [2.24, 2.45) is 0 Å². The van der Waals surface area contributed by atoms with E-state index >= 15 is 0 Å². The molecule has 0 unspecified atom stereocenters. The summed E-state index contributed by atoms with van der Waals surface area (Å²) in [6.45, 7) is 15.1. The smallest absolute Gasteiger partial charge is 0.328 e. The Balaban J connectivity index is 5.21. The molecule has 0 radical (unpaired) electrons. The van der Waals surface area contributed by atoms with Crippen molar-refractivity contribution in [2.75, 3.05) is 0 Å². The first-order valence-corrected chi connectivity index (χ1v) is 9.53. The van der Waals surface area contributed by atoms with Crippen LogP contribution in [0.25, 0.3) is 0 Å². The van der Waals surface area contributed by atoms with Crippen LogP contribution in [0.15, 0.2) is 12.2 Å². The summed E-state index contributed by atoms with van der Waals surface area (Å²) in [6, 6.07) is 0. The number of hydrogen-bond donors (Lipinski definition) is 1. The molecule has 0 saturated heterocycles. The van der Waals surface area contributed by atoms with E-state index in [0.29, 0.717) is 0 Å². The van der Waals surface area contributed by atoms with Crippen molar-refractivity contribution in [1.82, 2.24) is 0 Å². The number of carboxylic acid groups (broad SMARTS) is 1. The van der Waals surface area contributed by atoms with Gasteiger partial charge in [-0.3, -0.25) is 0 Å². The summed E-state index contributed by atoms with van der Waals surface area (Å²) < 4.78 is 6.43. The van der Waals surface area contributed by atoms with E-state index in [4.69, 9.17) is 9.53 Å². The van der Waals surface area contributed by atoms with Gasteiger partial charge in [0.1, 0.15) is 0 Å². The van der Waals surface area contributed by atoms with Crippen LogP contribution >= 0.6 is 0 Å². The molecule has 0 spiro atoms. The summed E-state index contributed by atoms with van der Waals surface area (Å²) in [4.78, 5) is 10.7. The fourth-order valence-corrected chi connectivity index (χ4v) is 3.23. The van der Waals surface area contributed by atoms with Gasteiger partial charge in [-0.15, -0.1) is 0 Å². The van der Waals surface area contributed by atoms with E-state index in [9.17, 15) is 4.79 Å². The lowest BCUT2D eigenvalue weighted by Crippen LogP contribution is -2.48. The number of aliphatic carboxylic acids is 1. The second-order valence-electron chi connectivity index (χ2n) is 6.31. The van der Waals surface area contributed by atoms with Crippen molar-refractivity contribution in [2.45, 2.75) is 71.2 Å². The SMILES string of the molecule is CCC(C=CC(=O)O)(CC)O[Si](C)(C)C(C)(C)C. The first-order chi connectivity index (χ1) is 7.99. The van der Waals surface area contributed by atoms with Gasteiger partial charge in [0.25, 0.3) is 0 Å². The molecule has 0 aromatic heterocycles. The Bertz CT molecular complexity index is 309. The molecule has 0 aliphatic heterocycles. The quantitative estimate of drug-likeness (QED) is 0.582. The zero-order valence-corrected chi connectivity index (χ0v) is 13.8. The average molecular weight is 272 g/mol. The van der Waals surface area contributed by atoms with Gasteiger partial charge in [0.2, 0.25) is 0 Å². The second kappa shape index (κ2) is 6.02. The predicted molar refractivity (Wildman–Crippen MR) is 78.4 cm³/mol. The van der Waals surface area contributed by atoms with Crippen LogP contribution in [-0.2, 0) is 9.22 Å².